The molecule has 0 bridgehead atoms. The first-order valence-electron chi connectivity index (χ1n) is 10.00. The summed E-state index contributed by atoms with van der Waals surface area (Å²) in [5.74, 6) is 0.00326. The number of thioether (sulfide) groups is 2. The van der Waals surface area contributed by atoms with Gasteiger partial charge in [0.1, 0.15) is 0 Å². The van der Waals surface area contributed by atoms with Gasteiger partial charge in [-0.25, -0.2) is 0 Å². The van der Waals surface area contributed by atoms with Gasteiger partial charge in [0.05, 0.1) is 25.2 Å². The quantitative estimate of drug-likeness (QED) is 0.368. The highest BCUT2D eigenvalue weighted by atomic mass is 32.2. The van der Waals surface area contributed by atoms with Crippen molar-refractivity contribution in [1.29, 1.82) is 0 Å². The van der Waals surface area contributed by atoms with Crippen molar-refractivity contribution in [2.45, 2.75) is 40.2 Å². The number of amides is 1. The summed E-state index contributed by atoms with van der Waals surface area (Å²) in [6.45, 7) is 9.20. The predicted molar refractivity (Wildman–Crippen MR) is 137 cm³/mol. The average molecular weight is 466 g/mol. The molecule has 0 fully saturated rings. The smallest absolute Gasteiger partial charge is 0.224 e. The minimum absolute atomic E-state index is 0.0410. The molecule has 2 heterocycles. The summed E-state index contributed by atoms with van der Waals surface area (Å²) in [5, 5.41) is 0. The lowest BCUT2D eigenvalue weighted by molar-refractivity contribution is -0.117. The molecule has 0 aromatic heterocycles. The summed E-state index contributed by atoms with van der Waals surface area (Å²) in [6, 6.07) is 16.1. The number of ketones is 1. The van der Waals surface area contributed by atoms with Gasteiger partial charge in [-0.1, -0.05) is 77.7 Å². The molecule has 0 saturated carbocycles. The number of Topliss-reactive ketones (excluding diaryl/α,β-unsaturated/α-hetero) is 1. The van der Waals surface area contributed by atoms with Gasteiger partial charge in [0.2, 0.25) is 5.91 Å². The van der Waals surface area contributed by atoms with Crippen LogP contribution in [0.1, 0.15) is 44.4 Å². The number of aryl methyl sites for hydroxylation is 1. The maximum Gasteiger partial charge on any atom is 0.224 e. The molecule has 1 amide bonds. The SMILES string of the molecule is CC(=O)C1=C(c2ccccc2)SC(=C2C(=S)C(C)(C)N(C(C)=O)c3ccc(C)cc32)S1. The molecule has 2 aromatic rings. The standard InChI is InChI=1S/C25H23NO2S3/c1-14-11-12-19-18(13-14)20(23(29)25(4,5)26(19)16(3)28)24-30-21(15(2)27)22(31-24)17-9-7-6-8-10-17/h6-13H,1-5H3. The fourth-order valence-corrected chi connectivity index (χ4v) is 7.25. The van der Waals surface area contributed by atoms with Gasteiger partial charge in [-0.3, -0.25) is 9.59 Å². The van der Waals surface area contributed by atoms with E-state index >= 15 is 0 Å². The van der Waals surface area contributed by atoms with Crippen LogP contribution in [0.25, 0.3) is 10.5 Å². The zero-order chi connectivity index (χ0) is 22.5. The Kier molecular flexibility index (Phi) is 5.75. The van der Waals surface area contributed by atoms with Crippen LogP contribution in [0.15, 0.2) is 57.7 Å². The summed E-state index contributed by atoms with van der Waals surface area (Å²) in [6.07, 6.45) is 0. The highest BCUT2D eigenvalue weighted by Gasteiger charge is 2.44. The Bertz CT molecular complexity index is 1190. The molecule has 4 rings (SSSR count). The van der Waals surface area contributed by atoms with Crippen LogP contribution in [-0.2, 0) is 9.59 Å². The van der Waals surface area contributed by atoms with E-state index < -0.39 is 5.54 Å². The third-order valence-corrected chi connectivity index (χ3v) is 8.93. The number of hydrogen-bond acceptors (Lipinski definition) is 5. The van der Waals surface area contributed by atoms with Gasteiger partial charge < -0.3 is 4.90 Å². The number of hydrogen-bond donors (Lipinski definition) is 0. The van der Waals surface area contributed by atoms with Gasteiger partial charge in [-0.05, 0) is 45.4 Å². The van der Waals surface area contributed by atoms with E-state index in [4.69, 9.17) is 12.2 Å². The number of thiocarbonyl (C=S) groups is 1. The number of carbonyl (C=O) groups is 2. The van der Waals surface area contributed by atoms with Crippen LogP contribution in [0.3, 0.4) is 0 Å². The maximum absolute atomic E-state index is 12.6. The number of rotatable bonds is 2. The summed E-state index contributed by atoms with van der Waals surface area (Å²) in [7, 11) is 0. The van der Waals surface area contributed by atoms with Crippen molar-refractivity contribution in [2.75, 3.05) is 4.90 Å². The van der Waals surface area contributed by atoms with Gasteiger partial charge in [0.25, 0.3) is 0 Å². The third kappa shape index (κ3) is 3.71. The van der Waals surface area contributed by atoms with E-state index in [2.05, 4.69) is 6.07 Å². The normalized spacial score (nSPS) is 20.2. The first-order valence-corrected chi connectivity index (χ1v) is 12.0. The van der Waals surface area contributed by atoms with Crippen LogP contribution in [0.4, 0.5) is 5.69 Å². The Hall–Kier alpha value is -2.15. The molecule has 0 saturated heterocycles. The lowest BCUT2D eigenvalue weighted by Crippen LogP contribution is -2.55. The van der Waals surface area contributed by atoms with E-state index in [1.165, 1.54) is 11.8 Å². The summed E-state index contributed by atoms with van der Waals surface area (Å²) in [5.41, 5.74) is 4.23. The molecule has 0 radical (unpaired) electrons. The van der Waals surface area contributed by atoms with E-state index in [1.807, 2.05) is 63.2 Å². The number of allylic oxidation sites excluding steroid dienone is 1. The van der Waals surface area contributed by atoms with Crippen LogP contribution in [0, 0.1) is 6.92 Å². The molecule has 0 N–H and O–H groups in total. The molecular weight excluding hydrogens is 442 g/mol. The van der Waals surface area contributed by atoms with Crippen LogP contribution < -0.4 is 4.90 Å². The zero-order valence-corrected chi connectivity index (χ0v) is 20.6. The van der Waals surface area contributed by atoms with Crippen molar-refractivity contribution in [3.8, 4) is 0 Å². The van der Waals surface area contributed by atoms with Gasteiger partial charge in [0, 0.05) is 23.0 Å². The lowest BCUT2D eigenvalue weighted by atomic mass is 9.83. The third-order valence-electron chi connectivity index (χ3n) is 5.47. The van der Waals surface area contributed by atoms with E-state index in [0.29, 0.717) is 4.86 Å². The molecule has 2 aromatic carbocycles. The first-order chi connectivity index (χ1) is 14.6. The molecule has 6 heteroatoms. The number of anilines is 1. The molecule has 0 spiro atoms. The minimum atomic E-state index is -0.654. The molecular formula is C25H23NO2S3. The van der Waals surface area contributed by atoms with E-state index in [9.17, 15) is 9.59 Å². The molecule has 2 aliphatic rings. The van der Waals surface area contributed by atoms with Crippen LogP contribution in [-0.4, -0.2) is 22.1 Å². The van der Waals surface area contributed by atoms with E-state index in [-0.39, 0.29) is 11.7 Å². The summed E-state index contributed by atoms with van der Waals surface area (Å²) in [4.78, 5) is 29.3. The van der Waals surface area contributed by atoms with Crippen molar-refractivity contribution in [3.63, 3.8) is 0 Å². The predicted octanol–water partition coefficient (Wildman–Crippen LogP) is 6.62. The molecule has 0 atom stereocenters. The topological polar surface area (TPSA) is 37.4 Å². The van der Waals surface area contributed by atoms with Crippen molar-refractivity contribution < 1.29 is 9.59 Å². The molecule has 31 heavy (non-hydrogen) atoms. The zero-order valence-electron chi connectivity index (χ0n) is 18.1. The van der Waals surface area contributed by atoms with Crippen molar-refractivity contribution in [2.24, 2.45) is 0 Å². The van der Waals surface area contributed by atoms with E-state index in [0.717, 1.165) is 42.0 Å². The fourth-order valence-electron chi connectivity index (χ4n) is 4.05. The molecule has 0 aliphatic carbocycles. The monoisotopic (exact) mass is 465 g/mol. The van der Waals surface area contributed by atoms with Gasteiger partial charge in [-0.2, -0.15) is 0 Å². The van der Waals surface area contributed by atoms with Crippen LogP contribution in [0.5, 0.6) is 0 Å². The highest BCUT2D eigenvalue weighted by Crippen LogP contribution is 2.58. The Morgan fingerprint density at radius 1 is 1.00 bits per heavy atom. The van der Waals surface area contributed by atoms with Crippen molar-refractivity contribution >= 4 is 68.5 Å². The Labute approximate surface area is 197 Å². The second-order valence-electron chi connectivity index (χ2n) is 8.21. The fraction of sp³-hybridized carbons (Fsp3) is 0.240. The maximum atomic E-state index is 12.6. The Morgan fingerprint density at radius 3 is 2.29 bits per heavy atom. The number of fused-ring (bicyclic) bond motifs is 1. The van der Waals surface area contributed by atoms with Crippen LogP contribution in [0.2, 0.25) is 0 Å². The second-order valence-corrected chi connectivity index (χ2v) is 10.9. The largest absolute Gasteiger partial charge is 0.302 e. The van der Waals surface area contributed by atoms with Gasteiger partial charge >= 0.3 is 0 Å². The van der Waals surface area contributed by atoms with Crippen molar-refractivity contribution in [1.82, 2.24) is 0 Å². The first kappa shape index (κ1) is 22.1. The summed E-state index contributed by atoms with van der Waals surface area (Å²) < 4.78 is 0.997. The summed E-state index contributed by atoms with van der Waals surface area (Å²) >= 11 is 9.09. The molecule has 158 valence electrons. The highest BCUT2D eigenvalue weighted by molar-refractivity contribution is 8.32. The number of nitrogens with zero attached hydrogens (tertiary/aromatic N) is 1. The Morgan fingerprint density at radius 2 is 1.68 bits per heavy atom. The van der Waals surface area contributed by atoms with Crippen LogP contribution >= 0.6 is 35.7 Å². The minimum Gasteiger partial charge on any atom is -0.302 e. The van der Waals surface area contributed by atoms with Crippen molar-refractivity contribution in [3.05, 3.63) is 74.4 Å². The Balaban J connectivity index is 1.94. The number of carbonyl (C=O) groups excluding carboxylic acids is 2. The molecule has 3 nitrogen and oxygen atoms in total. The second kappa shape index (κ2) is 8.08. The lowest BCUT2D eigenvalue weighted by Gasteiger charge is -2.45. The average Bonchev–Trinajstić information content (AvgIpc) is 3.15. The van der Waals surface area contributed by atoms with Gasteiger partial charge in [0.15, 0.2) is 5.78 Å². The number of benzene rings is 2. The van der Waals surface area contributed by atoms with Gasteiger partial charge in [-0.15, -0.1) is 0 Å². The molecule has 2 aliphatic heterocycles. The molecule has 0 unspecified atom stereocenters. The van der Waals surface area contributed by atoms with E-state index in [1.54, 1.807) is 30.5 Å².